The molecule has 0 saturated carbocycles. The Morgan fingerprint density at radius 1 is 1.18 bits per heavy atom. The van der Waals surface area contributed by atoms with Gasteiger partial charge in [0.25, 0.3) is 0 Å². The van der Waals surface area contributed by atoms with Crippen LogP contribution in [0.25, 0.3) is 0 Å². The molecule has 7 nitrogen and oxygen atoms in total. The van der Waals surface area contributed by atoms with E-state index in [4.69, 9.17) is 0 Å². The Bertz CT molecular complexity index is 896. The first kappa shape index (κ1) is 18.9. The maximum absolute atomic E-state index is 12.8. The summed E-state index contributed by atoms with van der Waals surface area (Å²) in [6.45, 7) is 6.27. The fourth-order valence-corrected chi connectivity index (χ4v) is 4.71. The first-order valence-electron chi connectivity index (χ1n) is 9.79. The van der Waals surface area contributed by atoms with Crippen LogP contribution in [0.1, 0.15) is 36.8 Å². The summed E-state index contributed by atoms with van der Waals surface area (Å²) in [4.78, 5) is 28.6. The summed E-state index contributed by atoms with van der Waals surface area (Å²) in [5.41, 5.74) is 3.15. The monoisotopic (exact) mass is 399 g/mol. The number of anilines is 3. The SMILES string of the molecule is Cc1cccc(NC(=O)C2CCCN(c3nnc(N4CCCC4=O)s3)C2)c1C. The Morgan fingerprint density at radius 3 is 2.79 bits per heavy atom. The molecule has 2 aliphatic rings. The average Bonchev–Trinajstić information content (AvgIpc) is 3.34. The van der Waals surface area contributed by atoms with Gasteiger partial charge in [-0.25, -0.2) is 0 Å². The van der Waals surface area contributed by atoms with Crippen molar-refractivity contribution in [1.82, 2.24) is 10.2 Å². The van der Waals surface area contributed by atoms with Gasteiger partial charge in [0.1, 0.15) is 0 Å². The summed E-state index contributed by atoms with van der Waals surface area (Å²) in [5, 5.41) is 13.1. The molecule has 2 aliphatic heterocycles. The highest BCUT2D eigenvalue weighted by molar-refractivity contribution is 7.19. The number of carbonyl (C=O) groups is 2. The highest BCUT2D eigenvalue weighted by Gasteiger charge is 2.30. The van der Waals surface area contributed by atoms with Gasteiger partial charge in [-0.1, -0.05) is 23.5 Å². The third-order valence-corrected chi connectivity index (χ3v) is 6.64. The molecule has 2 fully saturated rings. The zero-order valence-electron chi connectivity index (χ0n) is 16.3. The number of carbonyl (C=O) groups excluding carboxylic acids is 2. The minimum Gasteiger partial charge on any atom is -0.346 e. The number of piperidine rings is 1. The number of hydrogen-bond donors (Lipinski definition) is 1. The van der Waals surface area contributed by atoms with Gasteiger partial charge < -0.3 is 10.2 Å². The van der Waals surface area contributed by atoms with E-state index in [0.717, 1.165) is 42.2 Å². The molecule has 148 valence electrons. The van der Waals surface area contributed by atoms with Crippen molar-refractivity contribution >= 4 is 39.1 Å². The number of nitrogens with one attached hydrogen (secondary N) is 1. The van der Waals surface area contributed by atoms with E-state index in [2.05, 4.69) is 20.4 Å². The maximum Gasteiger partial charge on any atom is 0.229 e. The van der Waals surface area contributed by atoms with Crippen LogP contribution in [0, 0.1) is 19.8 Å². The Kier molecular flexibility index (Phi) is 5.30. The molecule has 0 spiro atoms. The third-order valence-electron chi connectivity index (χ3n) is 5.63. The summed E-state index contributed by atoms with van der Waals surface area (Å²) in [6.07, 6.45) is 3.25. The molecule has 1 aromatic heterocycles. The first-order chi connectivity index (χ1) is 13.5. The second-order valence-electron chi connectivity index (χ2n) is 7.54. The number of benzene rings is 1. The number of rotatable bonds is 4. The van der Waals surface area contributed by atoms with Crippen LogP contribution in [0.2, 0.25) is 0 Å². The van der Waals surface area contributed by atoms with Crippen molar-refractivity contribution in [3.05, 3.63) is 29.3 Å². The van der Waals surface area contributed by atoms with Gasteiger partial charge in [-0.05, 0) is 50.3 Å². The molecule has 28 heavy (non-hydrogen) atoms. The van der Waals surface area contributed by atoms with Crippen molar-refractivity contribution in [3.63, 3.8) is 0 Å². The fourth-order valence-electron chi connectivity index (χ4n) is 3.78. The van der Waals surface area contributed by atoms with E-state index in [-0.39, 0.29) is 17.7 Å². The van der Waals surface area contributed by atoms with E-state index in [0.29, 0.717) is 24.6 Å². The summed E-state index contributed by atoms with van der Waals surface area (Å²) < 4.78 is 0. The predicted molar refractivity (Wildman–Crippen MR) is 111 cm³/mol. The van der Waals surface area contributed by atoms with Crippen LogP contribution < -0.4 is 15.1 Å². The van der Waals surface area contributed by atoms with Crippen molar-refractivity contribution in [2.45, 2.75) is 39.5 Å². The largest absolute Gasteiger partial charge is 0.346 e. The topological polar surface area (TPSA) is 78.4 Å². The molecule has 4 rings (SSSR count). The minimum absolute atomic E-state index is 0.0536. The third kappa shape index (κ3) is 3.73. The van der Waals surface area contributed by atoms with Crippen molar-refractivity contribution < 1.29 is 9.59 Å². The van der Waals surface area contributed by atoms with Crippen LogP contribution in [0.5, 0.6) is 0 Å². The quantitative estimate of drug-likeness (QED) is 0.855. The van der Waals surface area contributed by atoms with Crippen LogP contribution >= 0.6 is 11.3 Å². The standard InChI is InChI=1S/C20H25N5O2S/c1-13-6-3-8-16(14(13)2)21-18(27)15-7-4-10-24(12-15)19-22-23-20(28-19)25-11-5-9-17(25)26/h3,6,8,15H,4-5,7,9-12H2,1-2H3,(H,21,27). The fraction of sp³-hybridized carbons (Fsp3) is 0.500. The lowest BCUT2D eigenvalue weighted by molar-refractivity contribution is -0.120. The number of nitrogens with zero attached hydrogens (tertiary/aromatic N) is 4. The number of amides is 2. The van der Waals surface area contributed by atoms with Crippen LogP contribution in [-0.4, -0.2) is 41.6 Å². The first-order valence-corrected chi connectivity index (χ1v) is 10.6. The molecule has 1 unspecified atom stereocenters. The molecule has 0 bridgehead atoms. The van der Waals surface area contributed by atoms with Crippen LogP contribution in [-0.2, 0) is 9.59 Å². The van der Waals surface area contributed by atoms with Gasteiger partial charge in [-0.2, -0.15) is 0 Å². The highest BCUT2D eigenvalue weighted by Crippen LogP contribution is 2.32. The van der Waals surface area contributed by atoms with Crippen LogP contribution in [0.15, 0.2) is 18.2 Å². The molecule has 2 saturated heterocycles. The zero-order chi connectivity index (χ0) is 19.7. The van der Waals surface area contributed by atoms with E-state index in [1.54, 1.807) is 4.90 Å². The summed E-state index contributed by atoms with van der Waals surface area (Å²) in [5.74, 6) is 0.0828. The molecule has 2 amide bonds. The summed E-state index contributed by atoms with van der Waals surface area (Å²) in [7, 11) is 0. The van der Waals surface area contributed by atoms with E-state index < -0.39 is 0 Å². The van der Waals surface area contributed by atoms with Gasteiger partial charge in [-0.15, -0.1) is 10.2 Å². The molecular weight excluding hydrogens is 374 g/mol. The minimum atomic E-state index is -0.0885. The van der Waals surface area contributed by atoms with E-state index >= 15 is 0 Å². The van der Waals surface area contributed by atoms with Gasteiger partial charge in [0.05, 0.1) is 5.92 Å². The van der Waals surface area contributed by atoms with Gasteiger partial charge in [0, 0.05) is 31.7 Å². The Morgan fingerprint density at radius 2 is 2.00 bits per heavy atom. The van der Waals surface area contributed by atoms with E-state index in [9.17, 15) is 9.59 Å². The number of hydrogen-bond acceptors (Lipinski definition) is 6. The van der Waals surface area contributed by atoms with Crippen LogP contribution in [0.4, 0.5) is 16.0 Å². The molecule has 3 heterocycles. The van der Waals surface area contributed by atoms with Crippen LogP contribution in [0.3, 0.4) is 0 Å². The molecule has 8 heteroatoms. The lowest BCUT2D eigenvalue weighted by Crippen LogP contribution is -2.40. The summed E-state index contributed by atoms with van der Waals surface area (Å²) >= 11 is 1.44. The number of aromatic nitrogens is 2. The van der Waals surface area contributed by atoms with Crippen molar-refractivity contribution in [2.75, 3.05) is 34.8 Å². The second-order valence-corrected chi connectivity index (χ2v) is 8.47. The molecule has 0 radical (unpaired) electrons. The Hall–Kier alpha value is -2.48. The smallest absolute Gasteiger partial charge is 0.229 e. The lowest BCUT2D eigenvalue weighted by Gasteiger charge is -2.31. The zero-order valence-corrected chi connectivity index (χ0v) is 17.1. The van der Waals surface area contributed by atoms with Crippen molar-refractivity contribution in [2.24, 2.45) is 5.92 Å². The maximum atomic E-state index is 12.8. The second kappa shape index (κ2) is 7.87. The highest BCUT2D eigenvalue weighted by atomic mass is 32.1. The van der Waals surface area contributed by atoms with Gasteiger partial charge in [0.2, 0.25) is 22.1 Å². The summed E-state index contributed by atoms with van der Waals surface area (Å²) in [6, 6.07) is 5.96. The van der Waals surface area contributed by atoms with Gasteiger partial charge in [0.15, 0.2) is 0 Å². The molecule has 1 atom stereocenters. The molecule has 1 N–H and O–H groups in total. The Labute approximate surface area is 168 Å². The van der Waals surface area contributed by atoms with Crippen molar-refractivity contribution in [1.29, 1.82) is 0 Å². The van der Waals surface area contributed by atoms with Crippen molar-refractivity contribution in [3.8, 4) is 0 Å². The average molecular weight is 400 g/mol. The Balaban J connectivity index is 1.43. The van der Waals surface area contributed by atoms with Gasteiger partial charge in [-0.3, -0.25) is 14.5 Å². The molecule has 0 aliphatic carbocycles. The van der Waals surface area contributed by atoms with Gasteiger partial charge >= 0.3 is 0 Å². The van der Waals surface area contributed by atoms with E-state index in [1.807, 2.05) is 32.0 Å². The number of aryl methyl sites for hydroxylation is 1. The lowest BCUT2D eigenvalue weighted by atomic mass is 9.97. The normalized spacial score (nSPS) is 19.9. The molecular formula is C20H25N5O2S. The predicted octanol–water partition coefficient (Wildman–Crippen LogP) is 3.14. The van der Waals surface area contributed by atoms with E-state index in [1.165, 1.54) is 16.9 Å². The molecule has 2 aromatic rings. The molecule has 1 aromatic carbocycles.